The fourth-order valence-corrected chi connectivity index (χ4v) is 4.42. The lowest BCUT2D eigenvalue weighted by molar-refractivity contribution is -0.147. The van der Waals surface area contributed by atoms with Crippen molar-refractivity contribution < 1.29 is 28.0 Å². The van der Waals surface area contributed by atoms with Gasteiger partial charge in [0.2, 0.25) is 17.7 Å². The number of imide groups is 2. The van der Waals surface area contributed by atoms with Crippen molar-refractivity contribution in [1.29, 1.82) is 0 Å². The van der Waals surface area contributed by atoms with E-state index >= 15 is 0 Å². The van der Waals surface area contributed by atoms with Crippen molar-refractivity contribution >= 4 is 47.6 Å². The third-order valence-corrected chi connectivity index (χ3v) is 6.84. The van der Waals surface area contributed by atoms with Crippen LogP contribution in [0.3, 0.4) is 0 Å². The van der Waals surface area contributed by atoms with Crippen LogP contribution in [0.15, 0.2) is 36.4 Å². The van der Waals surface area contributed by atoms with E-state index in [0.717, 1.165) is 10.6 Å². The molecule has 232 valence electrons. The van der Waals surface area contributed by atoms with Gasteiger partial charge >= 0.3 is 0 Å². The van der Waals surface area contributed by atoms with Crippen molar-refractivity contribution in [2.24, 2.45) is 0 Å². The molecule has 4 amide bonds. The number of anilines is 2. The van der Waals surface area contributed by atoms with E-state index < -0.39 is 6.04 Å². The Labute approximate surface area is 253 Å². The van der Waals surface area contributed by atoms with Crippen LogP contribution in [0.4, 0.5) is 20.2 Å². The number of halogens is 2. The summed E-state index contributed by atoms with van der Waals surface area (Å²) in [6.07, 6.45) is 3.28. The van der Waals surface area contributed by atoms with Gasteiger partial charge in [-0.2, -0.15) is 12.6 Å². The molecule has 2 aliphatic heterocycles. The SMILES string of the molecule is CC.CC(C)c1ccc(NC2CCC(=O)N(C)C2=O)cc1F.CS.Cc1cc(N(C)C2CCC(=O)NC2=O)ccc1F. The summed E-state index contributed by atoms with van der Waals surface area (Å²) in [4.78, 5) is 49.0. The number of thiol groups is 1. The highest BCUT2D eigenvalue weighted by Crippen LogP contribution is 2.24. The molecule has 2 N–H and O–H groups in total. The Morgan fingerprint density at radius 3 is 2.17 bits per heavy atom. The topological polar surface area (TPSA) is 98.8 Å². The Morgan fingerprint density at radius 2 is 1.62 bits per heavy atom. The molecule has 8 nitrogen and oxygen atoms in total. The lowest BCUT2D eigenvalue weighted by atomic mass is 10.0. The number of benzene rings is 2. The van der Waals surface area contributed by atoms with Crippen LogP contribution in [0.25, 0.3) is 0 Å². The number of amides is 4. The Balaban J connectivity index is 0.000000377. The van der Waals surface area contributed by atoms with Crippen molar-refractivity contribution in [3.8, 4) is 0 Å². The third kappa shape index (κ3) is 9.82. The van der Waals surface area contributed by atoms with Gasteiger partial charge in [-0.05, 0) is 73.4 Å². The van der Waals surface area contributed by atoms with Crippen molar-refractivity contribution in [2.45, 2.75) is 78.3 Å². The van der Waals surface area contributed by atoms with Gasteiger partial charge in [-0.15, -0.1) is 0 Å². The van der Waals surface area contributed by atoms with E-state index in [2.05, 4.69) is 23.3 Å². The monoisotopic (exact) mass is 606 g/mol. The van der Waals surface area contributed by atoms with Gasteiger partial charge in [-0.1, -0.05) is 33.8 Å². The van der Waals surface area contributed by atoms with Crippen LogP contribution >= 0.6 is 12.6 Å². The fourth-order valence-electron chi connectivity index (χ4n) is 4.42. The molecule has 4 rings (SSSR count). The molecule has 2 saturated heterocycles. The van der Waals surface area contributed by atoms with Crippen LogP contribution < -0.4 is 15.5 Å². The standard InChI is InChI=1S/C15H19FN2O2.C13H15FN2O2.C2H6.CH4S/c1-9(2)11-5-4-10(8-12(11)16)17-13-6-7-14(19)18(3)15(13)20;1-8-7-9(3-4-10(8)14)16(2)11-5-6-12(17)15-13(11)18;2*1-2/h4-5,8-9,13,17H,6-7H2,1-3H3;3-4,7,11H,5-6H2,1-2H3,(H,15,17,18);1-2H3;2H,1H3. The summed E-state index contributed by atoms with van der Waals surface area (Å²) in [7, 11) is 3.24. The first-order valence-electron chi connectivity index (χ1n) is 14.0. The zero-order valence-electron chi connectivity index (χ0n) is 25.8. The maximum absolute atomic E-state index is 13.9. The molecule has 42 heavy (non-hydrogen) atoms. The molecule has 11 heteroatoms. The lowest BCUT2D eigenvalue weighted by Gasteiger charge is -2.31. The number of aryl methyl sites for hydroxylation is 1. The minimum absolute atomic E-state index is 0.115. The van der Waals surface area contributed by atoms with Gasteiger partial charge < -0.3 is 10.2 Å². The van der Waals surface area contributed by atoms with Gasteiger partial charge in [0.05, 0.1) is 0 Å². The summed E-state index contributed by atoms with van der Waals surface area (Å²) in [6, 6.07) is 8.75. The van der Waals surface area contributed by atoms with E-state index in [1.54, 1.807) is 49.4 Å². The van der Waals surface area contributed by atoms with Gasteiger partial charge in [0.1, 0.15) is 23.7 Å². The number of likely N-dealkylation sites (N-methyl/N-ethyl adjacent to an activating group) is 2. The quantitative estimate of drug-likeness (QED) is 0.309. The number of nitrogens with zero attached hydrogens (tertiary/aromatic N) is 2. The Hall–Kier alpha value is -3.47. The van der Waals surface area contributed by atoms with Gasteiger partial charge in [0.15, 0.2) is 0 Å². The normalized spacial score (nSPS) is 18.0. The number of carbonyl (C=O) groups is 4. The van der Waals surface area contributed by atoms with Crippen molar-refractivity contribution in [2.75, 3.05) is 30.6 Å². The molecule has 2 heterocycles. The first-order valence-corrected chi connectivity index (χ1v) is 14.9. The highest BCUT2D eigenvalue weighted by atomic mass is 32.1. The van der Waals surface area contributed by atoms with Gasteiger partial charge in [0, 0.05) is 38.3 Å². The Kier molecular flexibility index (Phi) is 15.2. The van der Waals surface area contributed by atoms with Crippen LogP contribution in [0.2, 0.25) is 0 Å². The third-order valence-electron chi connectivity index (χ3n) is 6.84. The second-order valence-corrected chi connectivity index (χ2v) is 9.93. The smallest absolute Gasteiger partial charge is 0.251 e. The Bertz CT molecular complexity index is 1240. The minimum atomic E-state index is -0.470. The molecule has 2 fully saturated rings. The maximum atomic E-state index is 13.9. The van der Waals surface area contributed by atoms with E-state index in [-0.39, 0.29) is 47.2 Å². The largest absolute Gasteiger partial charge is 0.374 e. The van der Waals surface area contributed by atoms with Crippen LogP contribution in [0, 0.1) is 18.6 Å². The van der Waals surface area contributed by atoms with Crippen molar-refractivity contribution in [1.82, 2.24) is 10.2 Å². The molecule has 0 aromatic heterocycles. The highest BCUT2D eigenvalue weighted by Gasteiger charge is 2.32. The first-order chi connectivity index (χ1) is 19.9. The molecule has 2 aromatic rings. The van der Waals surface area contributed by atoms with Crippen LogP contribution in [-0.2, 0) is 19.2 Å². The van der Waals surface area contributed by atoms with Gasteiger partial charge in [-0.3, -0.25) is 29.4 Å². The number of piperidine rings is 2. The molecule has 2 aliphatic rings. The lowest BCUT2D eigenvalue weighted by Crippen LogP contribution is -2.51. The summed E-state index contributed by atoms with van der Waals surface area (Å²) in [5, 5.41) is 5.32. The predicted molar refractivity (Wildman–Crippen MR) is 167 cm³/mol. The second-order valence-electron chi connectivity index (χ2n) is 9.93. The van der Waals surface area contributed by atoms with E-state index in [0.29, 0.717) is 42.5 Å². The van der Waals surface area contributed by atoms with E-state index in [4.69, 9.17) is 0 Å². The van der Waals surface area contributed by atoms with E-state index in [1.807, 2.05) is 27.7 Å². The number of nitrogens with one attached hydrogen (secondary N) is 2. The van der Waals surface area contributed by atoms with Crippen LogP contribution in [-0.4, -0.2) is 61.0 Å². The summed E-state index contributed by atoms with van der Waals surface area (Å²) in [6.45, 7) is 9.53. The van der Waals surface area contributed by atoms with Crippen LogP contribution in [0.5, 0.6) is 0 Å². The number of carbonyl (C=O) groups excluding carboxylic acids is 4. The molecule has 0 spiro atoms. The number of rotatable bonds is 5. The van der Waals surface area contributed by atoms with E-state index in [1.165, 1.54) is 19.2 Å². The molecular weight excluding hydrogens is 562 g/mol. The molecule has 2 atom stereocenters. The Morgan fingerprint density at radius 1 is 0.976 bits per heavy atom. The minimum Gasteiger partial charge on any atom is -0.374 e. The number of hydrogen-bond acceptors (Lipinski definition) is 7. The van der Waals surface area contributed by atoms with Gasteiger partial charge in [-0.25, -0.2) is 8.78 Å². The molecular formula is C31H44F2N4O4S. The first kappa shape index (κ1) is 36.6. The van der Waals surface area contributed by atoms with E-state index in [9.17, 15) is 28.0 Å². The average molecular weight is 607 g/mol. The molecule has 2 aromatic carbocycles. The summed E-state index contributed by atoms with van der Waals surface area (Å²) in [5.41, 5.74) is 2.51. The summed E-state index contributed by atoms with van der Waals surface area (Å²) in [5.74, 6) is -1.41. The second kappa shape index (κ2) is 17.5. The molecule has 0 bridgehead atoms. The summed E-state index contributed by atoms with van der Waals surface area (Å²) < 4.78 is 27.1. The highest BCUT2D eigenvalue weighted by molar-refractivity contribution is 7.79. The van der Waals surface area contributed by atoms with Crippen molar-refractivity contribution in [3.63, 3.8) is 0 Å². The molecule has 0 saturated carbocycles. The number of likely N-dealkylation sites (tertiary alicyclic amines) is 1. The fraction of sp³-hybridized carbons (Fsp3) is 0.484. The zero-order valence-corrected chi connectivity index (χ0v) is 26.6. The average Bonchev–Trinajstić information content (AvgIpc) is 2.97. The molecule has 2 unspecified atom stereocenters. The molecule has 0 aliphatic carbocycles. The van der Waals surface area contributed by atoms with Gasteiger partial charge in [0.25, 0.3) is 5.91 Å². The summed E-state index contributed by atoms with van der Waals surface area (Å²) >= 11 is 3.53. The predicted octanol–water partition coefficient (Wildman–Crippen LogP) is 5.46. The zero-order chi connectivity index (χ0) is 32.1. The molecule has 0 radical (unpaired) electrons. The van der Waals surface area contributed by atoms with Crippen molar-refractivity contribution in [3.05, 3.63) is 59.2 Å². The number of hydrogen-bond donors (Lipinski definition) is 3. The maximum Gasteiger partial charge on any atom is 0.251 e. The van der Waals surface area contributed by atoms with Crippen LogP contribution in [0.1, 0.15) is 70.4 Å².